The number of pyridine rings is 1. The third kappa shape index (κ3) is 4.75. The van der Waals surface area contributed by atoms with Crippen LogP contribution in [-0.2, 0) is 27.9 Å². The summed E-state index contributed by atoms with van der Waals surface area (Å²) in [6.45, 7) is 2.78. The molecule has 1 fully saturated rings. The minimum Gasteiger partial charge on any atom is -0.371 e. The van der Waals surface area contributed by atoms with Crippen LogP contribution in [0.2, 0.25) is 0 Å². The number of hydrogen-bond donors (Lipinski definition) is 0. The molecule has 0 amide bonds. The van der Waals surface area contributed by atoms with Crippen LogP contribution in [0, 0.1) is 0 Å². The highest BCUT2D eigenvalue weighted by atomic mass is 32.2. The summed E-state index contributed by atoms with van der Waals surface area (Å²) < 4.78 is 33.4. The Morgan fingerprint density at radius 2 is 1.86 bits per heavy atom. The topological polar surface area (TPSA) is 64.4 Å². The second-order valence-electron chi connectivity index (χ2n) is 7.24. The maximum atomic E-state index is 13.0. The molecule has 1 aliphatic heterocycles. The van der Waals surface area contributed by atoms with Crippen LogP contribution in [0.4, 0.5) is 0 Å². The number of rotatable bonds is 7. The van der Waals surface area contributed by atoms with Crippen LogP contribution >= 0.6 is 0 Å². The molecule has 0 aliphatic carbocycles. The van der Waals surface area contributed by atoms with E-state index in [2.05, 4.69) is 9.88 Å². The lowest BCUT2D eigenvalue weighted by atomic mass is 10.1. The summed E-state index contributed by atoms with van der Waals surface area (Å²) in [5.74, 6) is 0. The fourth-order valence-corrected chi connectivity index (χ4v) is 5.06. The smallest absolute Gasteiger partial charge is 0.267 e. The lowest BCUT2D eigenvalue weighted by Crippen LogP contribution is -2.39. The summed E-state index contributed by atoms with van der Waals surface area (Å²) in [4.78, 5) is 6.86. The average Bonchev–Trinajstić information content (AvgIpc) is 3.23. The van der Waals surface area contributed by atoms with Crippen molar-refractivity contribution in [3.05, 3.63) is 84.4 Å². The van der Waals surface area contributed by atoms with Gasteiger partial charge in [0.2, 0.25) is 0 Å². The molecule has 3 heterocycles. The predicted octanol–water partition coefficient (Wildman–Crippen LogP) is 3.30. The fraction of sp³-hybridized carbons (Fsp3) is 0.318. The van der Waals surface area contributed by atoms with Crippen LogP contribution in [0.25, 0.3) is 0 Å². The molecular formula is C22H25N3O3S. The van der Waals surface area contributed by atoms with Gasteiger partial charge in [-0.2, -0.15) is 0 Å². The summed E-state index contributed by atoms with van der Waals surface area (Å²) in [6.07, 6.45) is 5.55. The molecule has 0 N–H and O–H groups in total. The number of nitrogens with zero attached hydrogens (tertiary/aromatic N) is 3. The SMILES string of the molecule is O=S(=O)(c1ccccc1)n1cccc1CN1CCCC(OCc2ccccn2)C1. The van der Waals surface area contributed by atoms with Gasteiger partial charge in [0.15, 0.2) is 0 Å². The number of hydrogen-bond acceptors (Lipinski definition) is 5. The monoisotopic (exact) mass is 411 g/mol. The summed E-state index contributed by atoms with van der Waals surface area (Å²) in [6, 6.07) is 18.0. The van der Waals surface area contributed by atoms with Crippen molar-refractivity contribution in [1.82, 2.24) is 13.9 Å². The number of likely N-dealkylation sites (tertiary alicyclic amines) is 1. The molecule has 0 bridgehead atoms. The molecule has 29 heavy (non-hydrogen) atoms. The van der Waals surface area contributed by atoms with Crippen LogP contribution in [0.3, 0.4) is 0 Å². The normalized spacial score (nSPS) is 18.0. The van der Waals surface area contributed by atoms with Crippen LogP contribution < -0.4 is 0 Å². The molecule has 1 saturated heterocycles. The average molecular weight is 412 g/mol. The van der Waals surface area contributed by atoms with Crippen molar-refractivity contribution >= 4 is 10.0 Å². The molecule has 1 aromatic carbocycles. The van der Waals surface area contributed by atoms with E-state index in [1.807, 2.05) is 30.3 Å². The van der Waals surface area contributed by atoms with Crippen molar-refractivity contribution < 1.29 is 13.2 Å². The van der Waals surface area contributed by atoms with E-state index in [0.29, 0.717) is 18.0 Å². The van der Waals surface area contributed by atoms with E-state index < -0.39 is 10.0 Å². The van der Waals surface area contributed by atoms with Crippen LogP contribution in [0.5, 0.6) is 0 Å². The van der Waals surface area contributed by atoms with Gasteiger partial charge in [0.05, 0.1) is 23.3 Å². The third-order valence-corrected chi connectivity index (χ3v) is 6.88. The first-order valence-electron chi connectivity index (χ1n) is 9.84. The van der Waals surface area contributed by atoms with E-state index in [9.17, 15) is 8.42 Å². The largest absolute Gasteiger partial charge is 0.371 e. The fourth-order valence-electron chi connectivity index (χ4n) is 3.67. The Kier molecular flexibility index (Phi) is 6.08. The molecule has 1 aliphatic rings. The zero-order valence-electron chi connectivity index (χ0n) is 16.2. The Morgan fingerprint density at radius 3 is 2.66 bits per heavy atom. The van der Waals surface area contributed by atoms with Gasteiger partial charge in [0.25, 0.3) is 10.0 Å². The maximum Gasteiger partial charge on any atom is 0.267 e. The number of aromatic nitrogens is 2. The Hall–Kier alpha value is -2.48. The van der Waals surface area contributed by atoms with Gasteiger partial charge in [0, 0.05) is 31.2 Å². The Morgan fingerprint density at radius 1 is 1.03 bits per heavy atom. The molecule has 2 aromatic heterocycles. The molecule has 4 rings (SSSR count). The lowest BCUT2D eigenvalue weighted by molar-refractivity contribution is -0.0135. The second-order valence-corrected chi connectivity index (χ2v) is 9.06. The van der Waals surface area contributed by atoms with Gasteiger partial charge in [0.1, 0.15) is 0 Å². The minimum absolute atomic E-state index is 0.125. The molecule has 0 radical (unpaired) electrons. The molecule has 7 heteroatoms. The Labute approximate surface area is 171 Å². The Bertz CT molecular complexity index is 1020. The predicted molar refractivity (Wildman–Crippen MR) is 111 cm³/mol. The van der Waals surface area contributed by atoms with Gasteiger partial charge in [-0.05, 0) is 55.8 Å². The van der Waals surface area contributed by atoms with E-state index in [4.69, 9.17) is 4.74 Å². The molecule has 1 atom stereocenters. The van der Waals surface area contributed by atoms with Gasteiger partial charge in [-0.15, -0.1) is 0 Å². The van der Waals surface area contributed by atoms with Crippen molar-refractivity contribution in [2.24, 2.45) is 0 Å². The first kappa shape index (κ1) is 19.8. The van der Waals surface area contributed by atoms with Crippen molar-refractivity contribution in [3.63, 3.8) is 0 Å². The first-order valence-corrected chi connectivity index (χ1v) is 11.3. The number of ether oxygens (including phenoxy) is 1. The standard InChI is InChI=1S/C22H25N3O3S/c26-29(27,22-11-2-1-3-12-22)25-15-6-9-20(25)16-24-14-7-10-21(17-24)28-18-19-8-4-5-13-23-19/h1-6,8-9,11-13,15,21H,7,10,14,16-18H2. The number of benzene rings is 1. The molecule has 3 aromatic rings. The van der Waals surface area contributed by atoms with Crippen molar-refractivity contribution in [2.45, 2.75) is 37.0 Å². The lowest BCUT2D eigenvalue weighted by Gasteiger charge is -2.32. The van der Waals surface area contributed by atoms with Crippen molar-refractivity contribution in [1.29, 1.82) is 0 Å². The molecular weight excluding hydrogens is 386 g/mol. The summed E-state index contributed by atoms with van der Waals surface area (Å²) in [5, 5.41) is 0. The molecule has 0 saturated carbocycles. The summed E-state index contributed by atoms with van der Waals surface area (Å²) in [5.41, 5.74) is 1.69. The highest BCUT2D eigenvalue weighted by Gasteiger charge is 2.24. The molecule has 1 unspecified atom stereocenters. The molecule has 6 nitrogen and oxygen atoms in total. The zero-order valence-corrected chi connectivity index (χ0v) is 17.0. The van der Waals surface area contributed by atoms with Gasteiger partial charge in [-0.3, -0.25) is 9.88 Å². The summed E-state index contributed by atoms with van der Waals surface area (Å²) in [7, 11) is -3.59. The second kappa shape index (κ2) is 8.90. The zero-order chi connectivity index (χ0) is 20.1. The van der Waals surface area contributed by atoms with Crippen molar-refractivity contribution in [3.8, 4) is 0 Å². The number of piperidine rings is 1. The van der Waals surface area contributed by atoms with E-state index in [-0.39, 0.29) is 6.10 Å². The maximum absolute atomic E-state index is 13.0. The van der Waals surface area contributed by atoms with Gasteiger partial charge in [-0.25, -0.2) is 12.4 Å². The Balaban J connectivity index is 1.42. The van der Waals surface area contributed by atoms with Crippen molar-refractivity contribution in [2.75, 3.05) is 13.1 Å². The highest BCUT2D eigenvalue weighted by molar-refractivity contribution is 7.90. The summed E-state index contributed by atoms with van der Waals surface area (Å²) >= 11 is 0. The van der Waals surface area contributed by atoms with E-state index >= 15 is 0 Å². The highest BCUT2D eigenvalue weighted by Crippen LogP contribution is 2.21. The minimum atomic E-state index is -3.59. The van der Waals surface area contributed by atoms with E-state index in [1.54, 1.807) is 42.7 Å². The third-order valence-electron chi connectivity index (χ3n) is 5.13. The molecule has 0 spiro atoms. The van der Waals surface area contributed by atoms with Gasteiger partial charge < -0.3 is 4.74 Å². The van der Waals surface area contributed by atoms with Gasteiger partial charge in [-0.1, -0.05) is 24.3 Å². The quantitative estimate of drug-likeness (QED) is 0.597. The van der Waals surface area contributed by atoms with E-state index in [1.165, 1.54) is 3.97 Å². The van der Waals surface area contributed by atoms with Gasteiger partial charge >= 0.3 is 0 Å². The van der Waals surface area contributed by atoms with E-state index in [0.717, 1.165) is 37.3 Å². The van der Waals surface area contributed by atoms with Crippen LogP contribution in [-0.4, -0.2) is 41.5 Å². The van der Waals surface area contributed by atoms with Crippen LogP contribution in [0.15, 0.2) is 78.0 Å². The molecule has 152 valence electrons. The van der Waals surface area contributed by atoms with Crippen LogP contribution in [0.1, 0.15) is 24.2 Å². The first-order chi connectivity index (χ1) is 14.1.